The third-order valence-corrected chi connectivity index (χ3v) is 3.43. The van der Waals surface area contributed by atoms with Crippen LogP contribution in [0.5, 0.6) is 0 Å². The van der Waals surface area contributed by atoms with Gasteiger partial charge in [0, 0.05) is 6.04 Å². The second-order valence-electron chi connectivity index (χ2n) is 4.21. The van der Waals surface area contributed by atoms with Crippen LogP contribution in [0.15, 0.2) is 0 Å². The van der Waals surface area contributed by atoms with Gasteiger partial charge in [-0.05, 0) is 25.3 Å². The average Bonchev–Trinajstić information content (AvgIpc) is 2.20. The topological polar surface area (TPSA) is 55.1 Å². The molecule has 0 bridgehead atoms. The summed E-state index contributed by atoms with van der Waals surface area (Å²) in [4.78, 5) is 11.3. The molecule has 1 fully saturated rings. The Morgan fingerprint density at radius 2 is 2.14 bits per heavy atom. The van der Waals surface area contributed by atoms with E-state index >= 15 is 0 Å². The van der Waals surface area contributed by atoms with Gasteiger partial charge in [-0.25, -0.2) is 0 Å². The third kappa shape index (κ3) is 2.47. The molecule has 1 aliphatic rings. The molecule has 1 aliphatic heterocycles. The van der Waals surface area contributed by atoms with Crippen molar-refractivity contribution in [2.75, 3.05) is 6.54 Å². The first-order valence-electron chi connectivity index (χ1n) is 5.73. The molecule has 0 aliphatic carbocycles. The fourth-order valence-electron chi connectivity index (χ4n) is 2.52. The summed E-state index contributed by atoms with van der Waals surface area (Å²) >= 11 is 0. The van der Waals surface area contributed by atoms with Gasteiger partial charge in [0.1, 0.15) is 0 Å². The van der Waals surface area contributed by atoms with Gasteiger partial charge < -0.3 is 11.1 Å². The van der Waals surface area contributed by atoms with Gasteiger partial charge in [-0.3, -0.25) is 4.79 Å². The quantitative estimate of drug-likeness (QED) is 0.715. The Balaban J connectivity index is 2.65. The predicted octanol–water partition coefficient (Wildman–Crippen LogP) is 1.28. The van der Waals surface area contributed by atoms with E-state index in [1.807, 2.05) is 0 Å². The Hall–Kier alpha value is -0.570. The maximum atomic E-state index is 11.3. The lowest BCUT2D eigenvalue weighted by Gasteiger charge is -2.35. The lowest BCUT2D eigenvalue weighted by atomic mass is 9.80. The maximum Gasteiger partial charge on any atom is 0.222 e. The second-order valence-corrected chi connectivity index (χ2v) is 4.21. The van der Waals surface area contributed by atoms with Crippen LogP contribution in [0.2, 0.25) is 0 Å². The van der Waals surface area contributed by atoms with Crippen LogP contribution in [-0.2, 0) is 4.79 Å². The van der Waals surface area contributed by atoms with Gasteiger partial charge in [-0.15, -0.1) is 0 Å². The van der Waals surface area contributed by atoms with E-state index in [0.717, 1.165) is 32.2 Å². The summed E-state index contributed by atoms with van der Waals surface area (Å²) < 4.78 is 0. The van der Waals surface area contributed by atoms with Crippen molar-refractivity contribution in [1.82, 2.24) is 5.32 Å². The van der Waals surface area contributed by atoms with Crippen molar-refractivity contribution in [3.63, 3.8) is 0 Å². The Kier molecular flexibility index (Phi) is 4.39. The van der Waals surface area contributed by atoms with Crippen LogP contribution in [0, 0.1) is 11.8 Å². The van der Waals surface area contributed by atoms with Crippen LogP contribution in [0.3, 0.4) is 0 Å². The highest BCUT2D eigenvalue weighted by atomic mass is 16.1. The molecule has 1 rings (SSSR count). The molecule has 2 unspecified atom stereocenters. The van der Waals surface area contributed by atoms with Gasteiger partial charge in [0.15, 0.2) is 0 Å². The van der Waals surface area contributed by atoms with Gasteiger partial charge >= 0.3 is 0 Å². The molecule has 0 aromatic carbocycles. The monoisotopic (exact) mass is 198 g/mol. The zero-order valence-corrected chi connectivity index (χ0v) is 9.25. The molecule has 0 radical (unpaired) electrons. The number of carbonyl (C=O) groups excluding carboxylic acids is 1. The minimum Gasteiger partial charge on any atom is -0.369 e. The highest BCUT2D eigenvalue weighted by Gasteiger charge is 2.33. The molecule has 0 spiro atoms. The van der Waals surface area contributed by atoms with Crippen molar-refractivity contribution < 1.29 is 4.79 Å². The number of primary amides is 1. The Morgan fingerprint density at radius 3 is 2.64 bits per heavy atom. The lowest BCUT2D eigenvalue weighted by molar-refractivity contribution is -0.124. The van der Waals surface area contributed by atoms with Gasteiger partial charge in [0.25, 0.3) is 0 Å². The Bertz CT molecular complexity index is 190. The van der Waals surface area contributed by atoms with Crippen molar-refractivity contribution in [2.24, 2.45) is 17.6 Å². The molecule has 1 saturated heterocycles. The van der Waals surface area contributed by atoms with Gasteiger partial charge in [-0.2, -0.15) is 0 Å². The van der Waals surface area contributed by atoms with Gasteiger partial charge in [0.2, 0.25) is 5.91 Å². The SMILES string of the molecule is CCC(CC)C1NCCCC1C(N)=O. The van der Waals surface area contributed by atoms with Crippen LogP contribution in [0.4, 0.5) is 0 Å². The van der Waals surface area contributed by atoms with Gasteiger partial charge in [-0.1, -0.05) is 26.7 Å². The molecule has 82 valence electrons. The van der Waals surface area contributed by atoms with E-state index < -0.39 is 0 Å². The normalized spacial score (nSPS) is 27.9. The molecule has 1 amide bonds. The van der Waals surface area contributed by atoms with Crippen LogP contribution in [-0.4, -0.2) is 18.5 Å². The van der Waals surface area contributed by atoms with Crippen molar-refractivity contribution in [2.45, 2.75) is 45.6 Å². The summed E-state index contributed by atoms with van der Waals surface area (Å²) in [6.45, 7) is 5.40. The summed E-state index contributed by atoms with van der Waals surface area (Å²) in [5.41, 5.74) is 5.43. The first kappa shape index (κ1) is 11.5. The highest BCUT2D eigenvalue weighted by molar-refractivity contribution is 5.77. The van der Waals surface area contributed by atoms with E-state index in [0.29, 0.717) is 12.0 Å². The van der Waals surface area contributed by atoms with Crippen LogP contribution in [0.25, 0.3) is 0 Å². The number of rotatable bonds is 4. The van der Waals surface area contributed by atoms with E-state index in [-0.39, 0.29) is 11.8 Å². The van der Waals surface area contributed by atoms with E-state index in [2.05, 4.69) is 19.2 Å². The molecule has 3 N–H and O–H groups in total. The molecule has 0 saturated carbocycles. The summed E-state index contributed by atoms with van der Waals surface area (Å²) in [5.74, 6) is 0.510. The predicted molar refractivity (Wildman–Crippen MR) is 57.8 cm³/mol. The second kappa shape index (κ2) is 5.35. The minimum atomic E-state index is -0.130. The van der Waals surface area contributed by atoms with Crippen LogP contribution >= 0.6 is 0 Å². The minimum absolute atomic E-state index is 0.0497. The number of nitrogens with two attached hydrogens (primary N) is 1. The maximum absolute atomic E-state index is 11.3. The third-order valence-electron chi connectivity index (χ3n) is 3.43. The fourth-order valence-corrected chi connectivity index (χ4v) is 2.52. The Labute approximate surface area is 86.4 Å². The summed E-state index contributed by atoms with van der Waals surface area (Å²) in [6, 6.07) is 0.316. The molecule has 1 heterocycles. The molecular formula is C11H22N2O. The molecule has 3 heteroatoms. The van der Waals surface area contributed by atoms with E-state index in [1.54, 1.807) is 0 Å². The van der Waals surface area contributed by atoms with Crippen LogP contribution in [0.1, 0.15) is 39.5 Å². The number of nitrogens with one attached hydrogen (secondary N) is 1. The smallest absolute Gasteiger partial charge is 0.222 e. The number of piperidine rings is 1. The number of hydrogen-bond donors (Lipinski definition) is 2. The van der Waals surface area contributed by atoms with Crippen molar-refractivity contribution in [3.05, 3.63) is 0 Å². The van der Waals surface area contributed by atoms with Crippen molar-refractivity contribution in [1.29, 1.82) is 0 Å². The molecule has 3 nitrogen and oxygen atoms in total. The first-order valence-corrected chi connectivity index (χ1v) is 5.73. The van der Waals surface area contributed by atoms with Crippen molar-refractivity contribution in [3.8, 4) is 0 Å². The van der Waals surface area contributed by atoms with Crippen LogP contribution < -0.4 is 11.1 Å². The number of amides is 1. The zero-order chi connectivity index (χ0) is 10.6. The van der Waals surface area contributed by atoms with E-state index in [4.69, 9.17) is 5.73 Å². The number of carbonyl (C=O) groups is 1. The molecule has 14 heavy (non-hydrogen) atoms. The molecule has 0 aromatic heterocycles. The van der Waals surface area contributed by atoms with Gasteiger partial charge in [0.05, 0.1) is 5.92 Å². The lowest BCUT2D eigenvalue weighted by Crippen LogP contribution is -2.50. The highest BCUT2D eigenvalue weighted by Crippen LogP contribution is 2.25. The summed E-state index contributed by atoms with van der Waals surface area (Å²) in [6.07, 6.45) is 4.28. The first-order chi connectivity index (χ1) is 6.70. The fraction of sp³-hybridized carbons (Fsp3) is 0.909. The molecular weight excluding hydrogens is 176 g/mol. The number of hydrogen-bond acceptors (Lipinski definition) is 2. The zero-order valence-electron chi connectivity index (χ0n) is 9.25. The van der Waals surface area contributed by atoms with E-state index in [1.165, 1.54) is 0 Å². The Morgan fingerprint density at radius 1 is 1.50 bits per heavy atom. The average molecular weight is 198 g/mol. The standard InChI is InChI=1S/C11H22N2O/c1-3-8(4-2)10-9(11(12)14)6-5-7-13-10/h8-10,13H,3-7H2,1-2H3,(H2,12,14). The summed E-state index contributed by atoms with van der Waals surface area (Å²) in [5, 5.41) is 3.45. The van der Waals surface area contributed by atoms with Crippen molar-refractivity contribution >= 4 is 5.91 Å². The summed E-state index contributed by atoms with van der Waals surface area (Å²) in [7, 11) is 0. The van der Waals surface area contributed by atoms with E-state index in [9.17, 15) is 4.79 Å². The largest absolute Gasteiger partial charge is 0.369 e. The molecule has 0 aromatic rings. The molecule has 2 atom stereocenters.